The smallest absolute Gasteiger partial charge is 0.172 e. The van der Waals surface area contributed by atoms with E-state index in [1.54, 1.807) is 0 Å². The molecule has 0 saturated carbocycles. The van der Waals surface area contributed by atoms with Crippen molar-refractivity contribution < 1.29 is 30.3 Å². The molecule has 9 nitrogen and oxygen atoms in total. The van der Waals surface area contributed by atoms with E-state index >= 15 is 0 Å². The maximum Gasteiger partial charge on any atom is 0.172 e. The molecule has 0 amide bonds. The molecule has 0 saturated heterocycles. The van der Waals surface area contributed by atoms with Gasteiger partial charge in [0.1, 0.15) is 24.4 Å². The number of hydrogen-bond acceptors (Lipinski definition) is 7. The third-order valence-electron chi connectivity index (χ3n) is 2.18. The second-order valence-corrected chi connectivity index (χ2v) is 3.46. The van der Waals surface area contributed by atoms with Crippen molar-refractivity contribution in [2.45, 2.75) is 37.4 Å². The van der Waals surface area contributed by atoms with Crippen LogP contribution in [-0.4, -0.2) is 68.4 Å². The fourth-order valence-corrected chi connectivity index (χ4v) is 1.07. The van der Waals surface area contributed by atoms with Gasteiger partial charge in [0.25, 0.3) is 0 Å². The Morgan fingerprint density at radius 1 is 1.29 bits per heavy atom. The third kappa shape index (κ3) is 4.27. The summed E-state index contributed by atoms with van der Waals surface area (Å²) >= 11 is 0. The largest absolute Gasteiger partial charge is 0.394 e. The van der Waals surface area contributed by atoms with Crippen LogP contribution in [0.2, 0.25) is 0 Å². The Labute approximate surface area is 96.6 Å². The molecule has 0 bridgehead atoms. The van der Waals surface area contributed by atoms with Gasteiger partial charge in [-0.3, -0.25) is 4.79 Å². The highest BCUT2D eigenvalue weighted by atomic mass is 16.4. The van der Waals surface area contributed by atoms with Crippen molar-refractivity contribution in [2.24, 2.45) is 5.11 Å². The lowest BCUT2D eigenvalue weighted by molar-refractivity contribution is -0.147. The monoisotopic (exact) mass is 249 g/mol. The van der Waals surface area contributed by atoms with E-state index < -0.39 is 42.8 Å². The first-order chi connectivity index (χ1) is 7.86. The van der Waals surface area contributed by atoms with Crippen LogP contribution in [-0.2, 0) is 4.79 Å². The second kappa shape index (κ2) is 7.17. The lowest BCUT2D eigenvalue weighted by Gasteiger charge is -2.25. The first kappa shape index (κ1) is 15.8. The van der Waals surface area contributed by atoms with Crippen molar-refractivity contribution in [1.82, 2.24) is 0 Å². The Kier molecular flexibility index (Phi) is 6.66. The molecule has 0 radical (unpaired) electrons. The normalized spacial score (nSPS) is 19.6. The summed E-state index contributed by atoms with van der Waals surface area (Å²) in [6.07, 6.45) is -7.59. The van der Waals surface area contributed by atoms with Gasteiger partial charge in [0.2, 0.25) is 0 Å². The molecule has 98 valence electrons. The molecular weight excluding hydrogens is 234 g/mol. The van der Waals surface area contributed by atoms with E-state index in [9.17, 15) is 20.1 Å². The maximum atomic E-state index is 11.4. The van der Waals surface area contributed by atoms with Crippen molar-refractivity contribution in [3.63, 3.8) is 0 Å². The van der Waals surface area contributed by atoms with Gasteiger partial charge in [0.15, 0.2) is 5.78 Å². The minimum absolute atomic E-state index is 0.842. The summed E-state index contributed by atoms with van der Waals surface area (Å²) in [4.78, 5) is 13.7. The van der Waals surface area contributed by atoms with E-state index in [2.05, 4.69) is 10.0 Å². The molecule has 0 aromatic rings. The number of ketones is 1. The van der Waals surface area contributed by atoms with Crippen molar-refractivity contribution in [3.8, 4) is 0 Å². The van der Waals surface area contributed by atoms with E-state index in [-0.39, 0.29) is 0 Å². The standard InChI is InChI=1S/C8H15N3O6/c1-3(10-11-9)5(14)7(16)8(17)6(15)4(13)2-12/h3-4,6-8,12-13,15-17H,2H2,1H3/t3?,4-,6-,7+,8+/m1/s1. The van der Waals surface area contributed by atoms with E-state index in [4.69, 9.17) is 15.7 Å². The van der Waals surface area contributed by atoms with Gasteiger partial charge >= 0.3 is 0 Å². The van der Waals surface area contributed by atoms with Crippen LogP contribution in [0.3, 0.4) is 0 Å². The van der Waals surface area contributed by atoms with E-state index in [1.165, 1.54) is 6.92 Å². The molecule has 0 aliphatic carbocycles. The molecule has 0 heterocycles. The SMILES string of the molecule is CC(N=[N+]=[N-])C(=O)[C@H](O)[C@@H](O)[C@H](O)[C@H](O)CO. The van der Waals surface area contributed by atoms with Gasteiger partial charge in [-0.25, -0.2) is 0 Å². The quantitative estimate of drug-likeness (QED) is 0.193. The molecular formula is C8H15N3O6. The average molecular weight is 249 g/mol. The van der Waals surface area contributed by atoms with Gasteiger partial charge in [-0.1, -0.05) is 5.11 Å². The van der Waals surface area contributed by atoms with Gasteiger partial charge in [-0.05, 0) is 12.5 Å². The number of carbonyl (C=O) groups is 1. The Balaban J connectivity index is 4.63. The van der Waals surface area contributed by atoms with Crippen LogP contribution in [0.4, 0.5) is 0 Å². The van der Waals surface area contributed by atoms with E-state index in [1.807, 2.05) is 0 Å². The summed E-state index contributed by atoms with van der Waals surface area (Å²) < 4.78 is 0. The Hall–Kier alpha value is -1.22. The Morgan fingerprint density at radius 2 is 1.82 bits per heavy atom. The van der Waals surface area contributed by atoms with E-state index in [0.29, 0.717) is 0 Å². The van der Waals surface area contributed by atoms with Gasteiger partial charge in [-0.2, -0.15) is 0 Å². The highest BCUT2D eigenvalue weighted by molar-refractivity contribution is 5.88. The Bertz CT molecular complexity index is 306. The summed E-state index contributed by atoms with van der Waals surface area (Å²) in [5, 5.41) is 48.5. The fourth-order valence-electron chi connectivity index (χ4n) is 1.07. The number of aliphatic hydroxyl groups excluding tert-OH is 5. The molecule has 1 unspecified atom stereocenters. The molecule has 0 spiro atoms. The molecule has 5 N–H and O–H groups in total. The number of Topliss-reactive ketones (excluding diaryl/α,β-unsaturated/α-hetero) is 1. The van der Waals surface area contributed by atoms with Crippen LogP contribution in [0.1, 0.15) is 6.92 Å². The summed E-state index contributed by atoms with van der Waals surface area (Å²) in [5.41, 5.74) is 8.08. The summed E-state index contributed by atoms with van der Waals surface area (Å²) in [5.74, 6) is -1.00. The first-order valence-corrected chi connectivity index (χ1v) is 4.77. The van der Waals surface area contributed by atoms with Crippen LogP contribution in [0.5, 0.6) is 0 Å². The molecule has 0 aromatic heterocycles. The van der Waals surface area contributed by atoms with Gasteiger partial charge in [0.05, 0.1) is 12.6 Å². The number of rotatable bonds is 7. The third-order valence-corrected chi connectivity index (χ3v) is 2.18. The highest BCUT2D eigenvalue weighted by Gasteiger charge is 2.35. The summed E-state index contributed by atoms with van der Waals surface area (Å²) in [6, 6.07) is -1.22. The number of azide groups is 1. The zero-order chi connectivity index (χ0) is 13.6. The molecule has 17 heavy (non-hydrogen) atoms. The van der Waals surface area contributed by atoms with Crippen LogP contribution in [0.15, 0.2) is 5.11 Å². The molecule has 9 heteroatoms. The van der Waals surface area contributed by atoms with Crippen LogP contribution < -0.4 is 0 Å². The predicted octanol–water partition coefficient (Wildman–Crippen LogP) is -2.31. The fraction of sp³-hybridized carbons (Fsp3) is 0.875. The number of hydrogen-bond donors (Lipinski definition) is 5. The van der Waals surface area contributed by atoms with Crippen LogP contribution in [0.25, 0.3) is 10.4 Å². The Morgan fingerprint density at radius 3 is 2.24 bits per heavy atom. The van der Waals surface area contributed by atoms with Crippen molar-refractivity contribution in [2.75, 3.05) is 6.61 Å². The number of aliphatic hydroxyl groups is 5. The molecule has 0 aliphatic rings. The number of carbonyl (C=O) groups excluding carboxylic acids is 1. The first-order valence-electron chi connectivity index (χ1n) is 4.77. The second-order valence-electron chi connectivity index (χ2n) is 3.46. The van der Waals surface area contributed by atoms with Crippen molar-refractivity contribution in [3.05, 3.63) is 10.4 Å². The van der Waals surface area contributed by atoms with Crippen LogP contribution in [0, 0.1) is 0 Å². The van der Waals surface area contributed by atoms with E-state index in [0.717, 1.165) is 0 Å². The predicted molar refractivity (Wildman–Crippen MR) is 54.7 cm³/mol. The summed E-state index contributed by atoms with van der Waals surface area (Å²) in [7, 11) is 0. The molecule has 0 fully saturated rings. The minimum Gasteiger partial charge on any atom is -0.394 e. The lowest BCUT2D eigenvalue weighted by atomic mass is 9.98. The lowest BCUT2D eigenvalue weighted by Crippen LogP contribution is -2.50. The molecule has 0 aromatic carbocycles. The van der Waals surface area contributed by atoms with Crippen molar-refractivity contribution in [1.29, 1.82) is 0 Å². The molecule has 5 atom stereocenters. The van der Waals surface area contributed by atoms with Gasteiger partial charge in [0, 0.05) is 4.91 Å². The van der Waals surface area contributed by atoms with Crippen molar-refractivity contribution >= 4 is 5.78 Å². The molecule has 0 rings (SSSR count). The zero-order valence-electron chi connectivity index (χ0n) is 9.08. The van der Waals surface area contributed by atoms with Gasteiger partial charge < -0.3 is 25.5 Å². The maximum absolute atomic E-state index is 11.4. The highest BCUT2D eigenvalue weighted by Crippen LogP contribution is 2.09. The zero-order valence-corrected chi connectivity index (χ0v) is 9.08. The molecule has 0 aliphatic heterocycles. The topological polar surface area (TPSA) is 167 Å². The number of nitrogens with zero attached hydrogens (tertiary/aromatic N) is 3. The summed E-state index contributed by atoms with van der Waals surface area (Å²) in [6.45, 7) is 0.359. The average Bonchev–Trinajstić information content (AvgIpc) is 2.34. The minimum atomic E-state index is -2.02. The van der Waals surface area contributed by atoms with Gasteiger partial charge in [-0.15, -0.1) is 0 Å². The van der Waals surface area contributed by atoms with Crippen LogP contribution >= 0.6 is 0 Å².